The number of carbonyl (C=O) groups excluding carboxylic acids is 1. The molecule has 6 nitrogen and oxygen atoms in total. The quantitative estimate of drug-likeness (QED) is 0.657. The highest BCUT2D eigenvalue weighted by molar-refractivity contribution is 5.83. The van der Waals surface area contributed by atoms with Gasteiger partial charge >= 0.3 is 5.63 Å². The lowest BCUT2D eigenvalue weighted by Gasteiger charge is -2.52. The Labute approximate surface area is 194 Å². The van der Waals surface area contributed by atoms with Gasteiger partial charge in [0.05, 0.1) is 5.60 Å². The van der Waals surface area contributed by atoms with Crippen molar-refractivity contribution in [1.82, 2.24) is 4.90 Å². The average molecular weight is 454 g/mol. The standard InChI is InChI=1S/C27H35NO5/c1-2-3-10-23-22-9-4-5-13-27(22,31)14-15-28(23)25(29)17-32-18-11-12-20-19-7-6-8-21(19)26(30)33-24(20)16-18/h11-12,16,22-23,31H,2-10,13-15,17H2,1H3/t22-,23-,27+/m0/s1. The van der Waals surface area contributed by atoms with Gasteiger partial charge in [-0.3, -0.25) is 4.79 Å². The molecular weight excluding hydrogens is 418 g/mol. The van der Waals surface area contributed by atoms with Gasteiger partial charge in [0.2, 0.25) is 0 Å². The lowest BCUT2D eigenvalue weighted by atomic mass is 9.66. The highest BCUT2D eigenvalue weighted by atomic mass is 16.5. The van der Waals surface area contributed by atoms with E-state index in [0.29, 0.717) is 24.3 Å². The van der Waals surface area contributed by atoms with E-state index in [0.717, 1.165) is 80.7 Å². The molecule has 2 aromatic rings. The van der Waals surface area contributed by atoms with E-state index in [1.165, 1.54) is 0 Å². The van der Waals surface area contributed by atoms with Gasteiger partial charge in [-0.15, -0.1) is 0 Å². The molecule has 0 spiro atoms. The molecule has 3 atom stereocenters. The number of fused-ring (bicyclic) bond motifs is 4. The van der Waals surface area contributed by atoms with Crippen LogP contribution in [0.1, 0.15) is 75.8 Å². The number of benzene rings is 1. The van der Waals surface area contributed by atoms with Crippen LogP contribution in [0.2, 0.25) is 0 Å². The van der Waals surface area contributed by atoms with Gasteiger partial charge in [-0.2, -0.15) is 0 Å². The van der Waals surface area contributed by atoms with E-state index < -0.39 is 5.60 Å². The largest absolute Gasteiger partial charge is 0.484 e. The monoisotopic (exact) mass is 453 g/mol. The smallest absolute Gasteiger partial charge is 0.339 e. The summed E-state index contributed by atoms with van der Waals surface area (Å²) in [4.78, 5) is 27.5. The van der Waals surface area contributed by atoms with E-state index >= 15 is 0 Å². The Kier molecular flexibility index (Phi) is 6.21. The second-order valence-corrected chi connectivity index (χ2v) is 10.1. The topological polar surface area (TPSA) is 80.0 Å². The summed E-state index contributed by atoms with van der Waals surface area (Å²) in [5.41, 5.74) is 1.55. The zero-order valence-corrected chi connectivity index (χ0v) is 19.6. The van der Waals surface area contributed by atoms with Crippen LogP contribution in [0, 0.1) is 5.92 Å². The minimum Gasteiger partial charge on any atom is -0.484 e. The molecule has 1 aliphatic heterocycles. The van der Waals surface area contributed by atoms with Crippen LogP contribution in [-0.4, -0.2) is 40.7 Å². The van der Waals surface area contributed by atoms with Crippen LogP contribution in [-0.2, 0) is 17.6 Å². The Hall–Kier alpha value is -2.34. The van der Waals surface area contributed by atoms with Crippen molar-refractivity contribution >= 4 is 16.9 Å². The van der Waals surface area contributed by atoms with Crippen molar-refractivity contribution in [3.8, 4) is 5.75 Å². The normalized spacial score (nSPS) is 26.8. The summed E-state index contributed by atoms with van der Waals surface area (Å²) < 4.78 is 11.4. The highest BCUT2D eigenvalue weighted by Crippen LogP contribution is 2.44. The Morgan fingerprint density at radius 2 is 2.06 bits per heavy atom. The van der Waals surface area contributed by atoms with E-state index in [1.807, 2.05) is 17.0 Å². The fourth-order valence-electron chi connectivity index (χ4n) is 6.47. The number of amides is 1. The molecule has 1 saturated heterocycles. The van der Waals surface area contributed by atoms with Gasteiger partial charge in [-0.25, -0.2) is 4.79 Å². The number of rotatable bonds is 6. The number of carbonyl (C=O) groups is 1. The fourth-order valence-corrected chi connectivity index (χ4v) is 6.47. The average Bonchev–Trinajstić information content (AvgIpc) is 3.31. The molecule has 2 fully saturated rings. The minimum absolute atomic E-state index is 0.0285. The predicted molar refractivity (Wildman–Crippen MR) is 127 cm³/mol. The lowest BCUT2D eigenvalue weighted by Crippen LogP contribution is -2.61. The Morgan fingerprint density at radius 1 is 1.21 bits per heavy atom. The number of piperidine rings is 1. The second-order valence-electron chi connectivity index (χ2n) is 10.1. The van der Waals surface area contributed by atoms with Crippen LogP contribution >= 0.6 is 0 Å². The summed E-state index contributed by atoms with van der Waals surface area (Å²) in [6, 6.07) is 5.61. The highest BCUT2D eigenvalue weighted by Gasteiger charge is 2.49. The predicted octanol–water partition coefficient (Wildman–Crippen LogP) is 4.37. The third-order valence-electron chi connectivity index (χ3n) is 8.20. The van der Waals surface area contributed by atoms with Crippen molar-refractivity contribution in [3.05, 3.63) is 39.7 Å². The van der Waals surface area contributed by atoms with Gasteiger partial charge in [-0.1, -0.05) is 32.6 Å². The van der Waals surface area contributed by atoms with Crippen LogP contribution in [0.5, 0.6) is 5.75 Å². The summed E-state index contributed by atoms with van der Waals surface area (Å²) >= 11 is 0. The molecule has 1 aromatic heterocycles. The molecule has 2 heterocycles. The van der Waals surface area contributed by atoms with E-state index in [2.05, 4.69) is 6.92 Å². The van der Waals surface area contributed by atoms with Gasteiger partial charge in [0, 0.05) is 35.5 Å². The number of nitrogens with zero attached hydrogens (tertiary/aromatic N) is 1. The molecule has 178 valence electrons. The fraction of sp³-hybridized carbons (Fsp3) is 0.630. The molecule has 2 aliphatic carbocycles. The van der Waals surface area contributed by atoms with Gasteiger partial charge in [0.25, 0.3) is 5.91 Å². The number of ether oxygens (including phenoxy) is 1. The molecular formula is C27H35NO5. The van der Waals surface area contributed by atoms with Crippen LogP contribution < -0.4 is 10.4 Å². The molecule has 0 unspecified atom stereocenters. The van der Waals surface area contributed by atoms with Gasteiger partial charge in [0.15, 0.2) is 6.61 Å². The maximum Gasteiger partial charge on any atom is 0.339 e. The van der Waals surface area contributed by atoms with Gasteiger partial charge in [-0.05, 0) is 62.6 Å². The van der Waals surface area contributed by atoms with Crippen molar-refractivity contribution in [2.24, 2.45) is 5.92 Å². The number of aryl methyl sites for hydroxylation is 1. The minimum atomic E-state index is -0.621. The first-order valence-electron chi connectivity index (χ1n) is 12.7. The van der Waals surface area contributed by atoms with Crippen molar-refractivity contribution < 1.29 is 19.1 Å². The molecule has 33 heavy (non-hydrogen) atoms. The Morgan fingerprint density at radius 3 is 2.91 bits per heavy atom. The lowest BCUT2D eigenvalue weighted by molar-refractivity contribution is -0.157. The van der Waals surface area contributed by atoms with Crippen molar-refractivity contribution in [2.45, 2.75) is 89.2 Å². The molecule has 1 aromatic carbocycles. The Balaban J connectivity index is 1.31. The summed E-state index contributed by atoms with van der Waals surface area (Å²) in [7, 11) is 0. The molecule has 0 bridgehead atoms. The van der Waals surface area contributed by atoms with E-state index in [4.69, 9.17) is 9.15 Å². The van der Waals surface area contributed by atoms with Crippen LogP contribution in [0.25, 0.3) is 11.0 Å². The molecule has 5 rings (SSSR count). The van der Waals surface area contributed by atoms with Crippen LogP contribution in [0.15, 0.2) is 27.4 Å². The SMILES string of the molecule is CCCC[C@H]1[C@@H]2CCCC[C@@]2(O)CCN1C(=O)COc1ccc2c3c(c(=O)oc2c1)CCC3. The first-order chi connectivity index (χ1) is 16.0. The number of unbranched alkanes of at least 4 members (excludes halogenated alkanes) is 1. The zero-order valence-electron chi connectivity index (χ0n) is 19.6. The first-order valence-corrected chi connectivity index (χ1v) is 12.7. The summed E-state index contributed by atoms with van der Waals surface area (Å²) in [5.74, 6) is 0.667. The molecule has 1 N–H and O–H groups in total. The second kappa shape index (κ2) is 9.13. The van der Waals surface area contributed by atoms with Crippen LogP contribution in [0.3, 0.4) is 0 Å². The van der Waals surface area contributed by atoms with Crippen molar-refractivity contribution in [1.29, 1.82) is 0 Å². The van der Waals surface area contributed by atoms with Crippen LogP contribution in [0.4, 0.5) is 0 Å². The third kappa shape index (κ3) is 4.18. The molecule has 3 aliphatic rings. The molecule has 6 heteroatoms. The summed E-state index contributed by atoms with van der Waals surface area (Å²) in [6.45, 7) is 2.70. The maximum atomic E-state index is 13.2. The van der Waals surface area contributed by atoms with Crippen molar-refractivity contribution in [2.75, 3.05) is 13.2 Å². The van der Waals surface area contributed by atoms with Gasteiger partial charge < -0.3 is 19.2 Å². The van der Waals surface area contributed by atoms with Crippen molar-refractivity contribution in [3.63, 3.8) is 0 Å². The third-order valence-corrected chi connectivity index (χ3v) is 8.20. The molecule has 1 amide bonds. The molecule has 0 radical (unpaired) electrons. The van der Waals surface area contributed by atoms with E-state index in [-0.39, 0.29) is 30.1 Å². The zero-order chi connectivity index (χ0) is 23.0. The molecule has 1 saturated carbocycles. The Bertz CT molecular complexity index is 1090. The summed E-state index contributed by atoms with van der Waals surface area (Å²) in [6.07, 6.45) is 10.4. The number of aliphatic hydroxyl groups is 1. The number of hydrogen-bond donors (Lipinski definition) is 1. The first kappa shape index (κ1) is 22.5. The number of likely N-dealkylation sites (tertiary alicyclic amines) is 1. The summed E-state index contributed by atoms with van der Waals surface area (Å²) in [5, 5.41) is 12.2. The maximum absolute atomic E-state index is 13.2. The number of hydrogen-bond acceptors (Lipinski definition) is 5. The van der Waals surface area contributed by atoms with E-state index in [1.54, 1.807) is 6.07 Å². The van der Waals surface area contributed by atoms with Gasteiger partial charge in [0.1, 0.15) is 11.3 Å². The van der Waals surface area contributed by atoms with E-state index in [9.17, 15) is 14.7 Å².